The van der Waals surface area contributed by atoms with Gasteiger partial charge in [-0.3, -0.25) is 20.9 Å². The molecule has 7 unspecified atom stereocenters. The summed E-state index contributed by atoms with van der Waals surface area (Å²) in [6.07, 6.45) is 3.03. The minimum absolute atomic E-state index is 0.0149. The first kappa shape index (κ1) is 34.6. The van der Waals surface area contributed by atoms with Gasteiger partial charge in [-0.05, 0) is 45.1 Å². The largest absolute Gasteiger partial charge is 0.391 e. The molecule has 9 N–H and O–H groups in total. The molecule has 1 rings (SSSR count). The van der Waals surface area contributed by atoms with E-state index >= 15 is 0 Å². The summed E-state index contributed by atoms with van der Waals surface area (Å²) in [5.41, 5.74) is 2.20. The molecule has 1 aliphatic rings. The van der Waals surface area contributed by atoms with Gasteiger partial charge in [0, 0.05) is 25.6 Å². The lowest BCUT2D eigenvalue weighted by Crippen LogP contribution is -2.61. The zero-order chi connectivity index (χ0) is 28.1. The van der Waals surface area contributed by atoms with Crippen LogP contribution in [0.4, 0.5) is 0 Å². The highest BCUT2D eigenvalue weighted by atomic mass is 16.5. The molecule has 9 atom stereocenters. The summed E-state index contributed by atoms with van der Waals surface area (Å²) in [6.45, 7) is 9.91. The molecule has 0 spiro atoms. The second kappa shape index (κ2) is 18.0. The third-order valence-corrected chi connectivity index (χ3v) is 7.89. The number of nitrogens with one attached hydrogen (secondary N) is 4. The molecule has 0 bridgehead atoms. The van der Waals surface area contributed by atoms with E-state index in [0.29, 0.717) is 13.0 Å². The van der Waals surface area contributed by atoms with Crippen molar-refractivity contribution in [3.05, 3.63) is 0 Å². The van der Waals surface area contributed by atoms with Crippen molar-refractivity contribution in [2.75, 3.05) is 20.7 Å². The van der Waals surface area contributed by atoms with Gasteiger partial charge >= 0.3 is 0 Å². The highest BCUT2D eigenvalue weighted by molar-refractivity contribution is 4.85. The molecule has 11 heteroatoms. The van der Waals surface area contributed by atoms with Crippen LogP contribution < -0.4 is 21.4 Å². The van der Waals surface area contributed by atoms with Crippen molar-refractivity contribution in [2.24, 2.45) is 17.8 Å². The van der Waals surface area contributed by atoms with E-state index < -0.39 is 37.2 Å². The van der Waals surface area contributed by atoms with Gasteiger partial charge in [0.05, 0.1) is 18.2 Å². The third kappa shape index (κ3) is 11.3. The first-order valence-electron chi connectivity index (χ1n) is 14.1. The van der Waals surface area contributed by atoms with E-state index in [2.05, 4.69) is 21.4 Å². The first-order chi connectivity index (χ1) is 17.5. The molecule has 11 nitrogen and oxygen atoms in total. The third-order valence-electron chi connectivity index (χ3n) is 7.89. The van der Waals surface area contributed by atoms with Crippen LogP contribution in [-0.2, 0) is 4.74 Å². The van der Waals surface area contributed by atoms with E-state index in [1.807, 2.05) is 34.6 Å². The first-order valence-corrected chi connectivity index (χ1v) is 14.1. The maximum absolute atomic E-state index is 10.8. The van der Waals surface area contributed by atoms with E-state index in [-0.39, 0.29) is 29.8 Å². The summed E-state index contributed by atoms with van der Waals surface area (Å²) >= 11 is 0. The number of ether oxygens (including phenoxy) is 1. The molecule has 0 aromatic carbocycles. The van der Waals surface area contributed by atoms with Crippen molar-refractivity contribution in [3.63, 3.8) is 0 Å². The number of aliphatic hydroxyl groups is 4. The molecule has 0 saturated heterocycles. The molecule has 0 aromatic heterocycles. The number of rotatable bonds is 19. The van der Waals surface area contributed by atoms with E-state index in [4.69, 9.17) is 4.74 Å². The van der Waals surface area contributed by atoms with Crippen LogP contribution in [0.2, 0.25) is 0 Å². The number of hydroxylamine groups is 1. The van der Waals surface area contributed by atoms with E-state index in [1.165, 1.54) is 13.5 Å². The lowest BCUT2D eigenvalue weighted by Gasteiger charge is -2.40. The number of methoxy groups -OCH3 is 1. The van der Waals surface area contributed by atoms with Crippen LogP contribution in [-0.4, -0.2) is 101 Å². The van der Waals surface area contributed by atoms with E-state index in [0.717, 1.165) is 32.1 Å². The van der Waals surface area contributed by atoms with Gasteiger partial charge in [-0.1, -0.05) is 53.4 Å². The van der Waals surface area contributed by atoms with Gasteiger partial charge < -0.3 is 30.4 Å². The van der Waals surface area contributed by atoms with Gasteiger partial charge in [0.2, 0.25) is 0 Å². The summed E-state index contributed by atoms with van der Waals surface area (Å²) < 4.78 is 5.64. The van der Waals surface area contributed by atoms with Gasteiger partial charge in [0.1, 0.15) is 18.7 Å². The molecule has 0 aliphatic heterocycles. The molecule has 1 fully saturated rings. The van der Waals surface area contributed by atoms with E-state index in [9.17, 15) is 25.6 Å². The summed E-state index contributed by atoms with van der Waals surface area (Å²) in [6, 6.07) is -1.08. The lowest BCUT2D eigenvalue weighted by atomic mass is 9.83. The molecule has 1 saturated carbocycles. The van der Waals surface area contributed by atoms with Crippen LogP contribution in [0.15, 0.2) is 0 Å². The molecule has 37 heavy (non-hydrogen) atoms. The average molecular weight is 536 g/mol. The Morgan fingerprint density at radius 1 is 0.973 bits per heavy atom. The normalized spacial score (nSPS) is 22.9. The van der Waals surface area contributed by atoms with Gasteiger partial charge in [0.15, 0.2) is 6.35 Å². The Balaban J connectivity index is 2.63. The number of hydrogen-bond acceptors (Lipinski definition) is 11. The Bertz CT molecular complexity index is 586. The molecule has 0 heterocycles. The minimum atomic E-state index is -1.12. The van der Waals surface area contributed by atoms with Gasteiger partial charge in [-0.15, -0.1) is 0 Å². The second-order valence-electron chi connectivity index (χ2n) is 11.2. The summed E-state index contributed by atoms with van der Waals surface area (Å²) in [4.78, 5) is 1.74. The quantitative estimate of drug-likeness (QED) is 0.0846. The zero-order valence-electron chi connectivity index (χ0n) is 24.1. The highest BCUT2D eigenvalue weighted by Crippen LogP contribution is 2.28. The number of nitrogens with zero attached hydrogens (tertiary/aromatic N) is 1. The second-order valence-corrected chi connectivity index (χ2v) is 11.2. The molecule has 222 valence electrons. The number of aliphatic hydroxyl groups excluding tert-OH is 4. The Labute approximate surface area is 224 Å². The smallest absolute Gasteiger partial charge is 0.162 e. The lowest BCUT2D eigenvalue weighted by molar-refractivity contribution is -0.118. The monoisotopic (exact) mass is 535 g/mol. The minimum Gasteiger partial charge on any atom is -0.391 e. The Morgan fingerprint density at radius 2 is 1.59 bits per heavy atom. The molecule has 0 radical (unpaired) electrons. The molecule has 0 aromatic rings. The van der Waals surface area contributed by atoms with Crippen LogP contribution in [0.1, 0.15) is 79.6 Å². The van der Waals surface area contributed by atoms with Crippen LogP contribution in [0.25, 0.3) is 0 Å². The highest BCUT2D eigenvalue weighted by Gasteiger charge is 2.34. The SMILES string of the molecule is CCCC(C(NC(O)NC[C@H](C)C(O)N[C@H](C)C(O)C1CCCCC1)OC)N(C)C(O)C(NO)C(C)C. The Morgan fingerprint density at radius 3 is 2.11 bits per heavy atom. The molecule has 0 amide bonds. The average Bonchev–Trinajstić information content (AvgIpc) is 2.88. The van der Waals surface area contributed by atoms with Crippen LogP contribution in [0.5, 0.6) is 0 Å². The molecule has 1 aliphatic carbocycles. The van der Waals surface area contributed by atoms with Crippen molar-refractivity contribution in [2.45, 2.75) is 129 Å². The van der Waals surface area contributed by atoms with E-state index in [1.54, 1.807) is 11.9 Å². The molecular formula is C26H57N5O6. The predicted octanol–water partition coefficient (Wildman–Crippen LogP) is 0.710. The van der Waals surface area contributed by atoms with Crippen LogP contribution in [0.3, 0.4) is 0 Å². The maximum atomic E-state index is 10.8. The van der Waals surface area contributed by atoms with Crippen molar-refractivity contribution in [1.29, 1.82) is 0 Å². The van der Waals surface area contributed by atoms with Crippen molar-refractivity contribution >= 4 is 0 Å². The zero-order valence-corrected chi connectivity index (χ0v) is 24.1. The Kier molecular flexibility index (Phi) is 16.8. The number of hydrogen-bond donors (Lipinski definition) is 9. The van der Waals surface area contributed by atoms with Crippen molar-refractivity contribution < 1.29 is 30.4 Å². The number of likely N-dealkylation sites (N-methyl/N-ethyl adjacent to an activating group) is 1. The van der Waals surface area contributed by atoms with Crippen molar-refractivity contribution in [1.82, 2.24) is 26.3 Å². The maximum Gasteiger partial charge on any atom is 0.162 e. The van der Waals surface area contributed by atoms with Gasteiger partial charge in [0.25, 0.3) is 0 Å². The predicted molar refractivity (Wildman–Crippen MR) is 144 cm³/mol. The fraction of sp³-hybridized carbons (Fsp3) is 1.00. The summed E-state index contributed by atoms with van der Waals surface area (Å²) in [7, 11) is 3.30. The molecular weight excluding hydrogens is 478 g/mol. The fourth-order valence-electron chi connectivity index (χ4n) is 5.25. The van der Waals surface area contributed by atoms with Gasteiger partial charge in [-0.2, -0.15) is 5.48 Å². The van der Waals surface area contributed by atoms with Crippen LogP contribution in [0, 0.1) is 17.8 Å². The summed E-state index contributed by atoms with van der Waals surface area (Å²) in [5, 5.41) is 61.4. The topological polar surface area (TPSA) is 162 Å². The Hall–Kier alpha value is -0.440. The van der Waals surface area contributed by atoms with Crippen molar-refractivity contribution in [3.8, 4) is 0 Å². The van der Waals surface area contributed by atoms with Crippen LogP contribution >= 0.6 is 0 Å². The fourth-order valence-corrected chi connectivity index (χ4v) is 5.25. The van der Waals surface area contributed by atoms with Gasteiger partial charge in [-0.25, -0.2) is 0 Å². The standard InChI is InChI=1S/C26H57N5O6/c1-8-12-20(31(6)25(34)21(30-36)16(2)3)24(37-7)29-26(35)27-15-17(4)23(33)28-18(5)22(32)19-13-10-9-11-14-19/h16-30,32-36H,8-15H2,1-7H3/t17-,18+,20?,21?,22?,23?,24?,25?,26?/m0/s1. The summed E-state index contributed by atoms with van der Waals surface area (Å²) in [5.74, 6) is 0.0151.